The van der Waals surface area contributed by atoms with Gasteiger partial charge in [0.05, 0.1) is 6.54 Å². The van der Waals surface area contributed by atoms with Gasteiger partial charge in [0.2, 0.25) is 15.9 Å². The normalized spacial score (nSPS) is 11.6. The number of nitrogens with zero attached hydrogens (tertiary/aromatic N) is 1. The van der Waals surface area contributed by atoms with Crippen LogP contribution in [0.5, 0.6) is 0 Å². The zero-order chi connectivity index (χ0) is 13.8. The third-order valence-electron chi connectivity index (χ3n) is 2.27. The maximum atomic E-state index is 13.4. The molecule has 0 saturated carbocycles. The van der Waals surface area contributed by atoms with Crippen molar-refractivity contribution in [3.63, 3.8) is 0 Å². The summed E-state index contributed by atoms with van der Waals surface area (Å²) < 4.78 is 38.2. The smallest absolute Gasteiger partial charge is 0.246 e. The number of rotatable bonds is 5. The Labute approximate surface area is 106 Å². The van der Waals surface area contributed by atoms with Crippen molar-refractivity contribution in [1.82, 2.24) is 9.62 Å². The molecule has 0 aliphatic rings. The summed E-state index contributed by atoms with van der Waals surface area (Å²) in [6.07, 6.45) is 0. The lowest BCUT2D eigenvalue weighted by Gasteiger charge is -2.16. The molecule has 0 saturated heterocycles. The van der Waals surface area contributed by atoms with Crippen LogP contribution >= 0.6 is 0 Å². The van der Waals surface area contributed by atoms with Gasteiger partial charge in [0.1, 0.15) is 10.7 Å². The number of nitrogens with one attached hydrogen (secondary N) is 1. The lowest BCUT2D eigenvalue weighted by atomic mass is 10.4. The number of likely N-dealkylation sites (N-methyl/N-ethyl adjacent to an activating group) is 2. The number of hydrogen-bond donors (Lipinski definition) is 1. The largest absolute Gasteiger partial charge is 0.355 e. The second-order valence-corrected chi connectivity index (χ2v) is 5.66. The van der Waals surface area contributed by atoms with E-state index in [9.17, 15) is 17.6 Å². The Balaban J connectivity index is 2.94. The van der Waals surface area contributed by atoms with Gasteiger partial charge in [-0.05, 0) is 19.1 Å². The van der Waals surface area contributed by atoms with Crippen LogP contribution in [0.4, 0.5) is 4.39 Å². The number of sulfonamides is 1. The van der Waals surface area contributed by atoms with E-state index in [0.717, 1.165) is 10.4 Å². The predicted molar refractivity (Wildman–Crippen MR) is 64.9 cm³/mol. The molecule has 0 spiro atoms. The van der Waals surface area contributed by atoms with E-state index in [0.29, 0.717) is 6.54 Å². The van der Waals surface area contributed by atoms with E-state index in [-0.39, 0.29) is 6.54 Å². The molecule has 0 aromatic heterocycles. The van der Waals surface area contributed by atoms with Gasteiger partial charge in [-0.2, -0.15) is 4.31 Å². The molecule has 0 aliphatic heterocycles. The Kier molecular flexibility index (Phi) is 4.80. The van der Waals surface area contributed by atoms with Crippen molar-refractivity contribution < 1.29 is 17.6 Å². The van der Waals surface area contributed by atoms with E-state index in [1.54, 1.807) is 6.92 Å². The van der Waals surface area contributed by atoms with Gasteiger partial charge in [0.15, 0.2) is 0 Å². The minimum absolute atomic E-state index is 0.343. The van der Waals surface area contributed by atoms with E-state index >= 15 is 0 Å². The first-order valence-electron chi connectivity index (χ1n) is 5.37. The molecule has 1 aromatic carbocycles. The zero-order valence-electron chi connectivity index (χ0n) is 10.2. The molecular weight excluding hydrogens is 259 g/mol. The van der Waals surface area contributed by atoms with Crippen molar-refractivity contribution in [3.05, 3.63) is 30.1 Å². The monoisotopic (exact) mass is 274 g/mol. The average molecular weight is 274 g/mol. The van der Waals surface area contributed by atoms with Crippen LogP contribution in [0.3, 0.4) is 0 Å². The molecule has 1 N–H and O–H groups in total. The third-order valence-corrected chi connectivity index (χ3v) is 4.10. The van der Waals surface area contributed by atoms with E-state index in [2.05, 4.69) is 5.32 Å². The molecule has 7 heteroatoms. The van der Waals surface area contributed by atoms with E-state index < -0.39 is 26.6 Å². The lowest BCUT2D eigenvalue weighted by molar-refractivity contribution is -0.121. The maximum Gasteiger partial charge on any atom is 0.246 e. The summed E-state index contributed by atoms with van der Waals surface area (Å²) in [5, 5.41) is 2.48. The minimum atomic E-state index is -3.99. The van der Waals surface area contributed by atoms with Crippen LogP contribution in [0.15, 0.2) is 29.2 Å². The molecule has 0 radical (unpaired) electrons. The fourth-order valence-electron chi connectivity index (χ4n) is 1.36. The average Bonchev–Trinajstić information content (AvgIpc) is 2.29. The Morgan fingerprint density at radius 1 is 1.39 bits per heavy atom. The molecule has 0 heterocycles. The van der Waals surface area contributed by atoms with E-state index in [4.69, 9.17) is 0 Å². The molecular formula is C11H15FN2O3S. The van der Waals surface area contributed by atoms with Gasteiger partial charge in [-0.15, -0.1) is 0 Å². The molecule has 5 nitrogen and oxygen atoms in total. The zero-order valence-corrected chi connectivity index (χ0v) is 11.0. The predicted octanol–water partition coefficient (Wildman–Crippen LogP) is 0.582. The van der Waals surface area contributed by atoms with Gasteiger partial charge >= 0.3 is 0 Å². The van der Waals surface area contributed by atoms with Gasteiger partial charge in [0, 0.05) is 13.6 Å². The first kappa shape index (κ1) is 14.6. The van der Waals surface area contributed by atoms with Crippen molar-refractivity contribution in [2.24, 2.45) is 0 Å². The molecule has 0 atom stereocenters. The molecule has 1 rings (SSSR count). The summed E-state index contributed by atoms with van der Waals surface area (Å²) in [5.74, 6) is -1.26. The van der Waals surface area contributed by atoms with Gasteiger partial charge in [-0.3, -0.25) is 4.79 Å². The Morgan fingerprint density at radius 3 is 2.56 bits per heavy atom. The highest BCUT2D eigenvalue weighted by atomic mass is 32.2. The molecule has 0 aliphatic carbocycles. The first-order valence-corrected chi connectivity index (χ1v) is 6.81. The third kappa shape index (κ3) is 3.27. The molecule has 1 aromatic rings. The Bertz CT molecular complexity index is 531. The van der Waals surface area contributed by atoms with Crippen LogP contribution < -0.4 is 5.32 Å². The van der Waals surface area contributed by atoms with Crippen LogP contribution in [-0.4, -0.2) is 38.8 Å². The number of amides is 1. The quantitative estimate of drug-likeness (QED) is 0.854. The van der Waals surface area contributed by atoms with Crippen LogP contribution in [0.25, 0.3) is 0 Å². The molecule has 100 valence electrons. The SMILES string of the molecule is CCNC(=O)CN(C)S(=O)(=O)c1ccccc1F. The van der Waals surface area contributed by atoms with Crippen molar-refractivity contribution >= 4 is 15.9 Å². The van der Waals surface area contributed by atoms with Crippen LogP contribution in [0.2, 0.25) is 0 Å². The first-order chi connectivity index (χ1) is 8.39. The number of carbonyl (C=O) groups is 1. The van der Waals surface area contributed by atoms with Crippen LogP contribution in [0, 0.1) is 5.82 Å². The van der Waals surface area contributed by atoms with E-state index in [1.165, 1.54) is 25.2 Å². The summed E-state index contributed by atoms with van der Waals surface area (Å²) in [7, 11) is -2.75. The topological polar surface area (TPSA) is 66.5 Å². The summed E-state index contributed by atoms with van der Waals surface area (Å²) >= 11 is 0. The van der Waals surface area contributed by atoms with Gasteiger partial charge in [-0.25, -0.2) is 12.8 Å². The fraction of sp³-hybridized carbons (Fsp3) is 0.364. The summed E-state index contributed by atoms with van der Waals surface area (Å²) in [6.45, 7) is 1.79. The molecule has 0 unspecified atom stereocenters. The van der Waals surface area contributed by atoms with Gasteiger partial charge < -0.3 is 5.32 Å². The van der Waals surface area contributed by atoms with Crippen molar-refractivity contribution in [3.8, 4) is 0 Å². The lowest BCUT2D eigenvalue weighted by Crippen LogP contribution is -2.38. The van der Waals surface area contributed by atoms with Crippen molar-refractivity contribution in [1.29, 1.82) is 0 Å². The Morgan fingerprint density at radius 2 is 2.00 bits per heavy atom. The minimum Gasteiger partial charge on any atom is -0.355 e. The maximum absolute atomic E-state index is 13.4. The van der Waals surface area contributed by atoms with Gasteiger partial charge in [0.25, 0.3) is 0 Å². The second kappa shape index (κ2) is 5.92. The van der Waals surface area contributed by atoms with Crippen molar-refractivity contribution in [2.75, 3.05) is 20.1 Å². The number of carbonyl (C=O) groups excluding carboxylic acids is 1. The van der Waals surface area contributed by atoms with Crippen molar-refractivity contribution in [2.45, 2.75) is 11.8 Å². The van der Waals surface area contributed by atoms with Crippen LogP contribution in [-0.2, 0) is 14.8 Å². The molecule has 0 bridgehead atoms. The van der Waals surface area contributed by atoms with Gasteiger partial charge in [-0.1, -0.05) is 12.1 Å². The molecule has 0 fully saturated rings. The summed E-state index contributed by atoms with van der Waals surface area (Å²) in [5.41, 5.74) is 0. The summed E-state index contributed by atoms with van der Waals surface area (Å²) in [4.78, 5) is 10.9. The molecule has 18 heavy (non-hydrogen) atoms. The number of hydrogen-bond acceptors (Lipinski definition) is 3. The summed E-state index contributed by atoms with van der Waals surface area (Å²) in [6, 6.07) is 5.06. The fourth-order valence-corrected chi connectivity index (χ4v) is 2.55. The highest BCUT2D eigenvalue weighted by Crippen LogP contribution is 2.17. The Hall–Kier alpha value is -1.47. The molecule has 1 amide bonds. The highest BCUT2D eigenvalue weighted by Gasteiger charge is 2.25. The number of benzene rings is 1. The van der Waals surface area contributed by atoms with Crippen LogP contribution in [0.1, 0.15) is 6.92 Å². The standard InChI is InChI=1S/C11H15FN2O3S/c1-3-13-11(15)8-14(2)18(16,17)10-7-5-4-6-9(10)12/h4-7H,3,8H2,1-2H3,(H,13,15). The number of halogens is 1. The van der Waals surface area contributed by atoms with E-state index in [1.807, 2.05) is 0 Å². The second-order valence-electron chi connectivity index (χ2n) is 3.65. The highest BCUT2D eigenvalue weighted by molar-refractivity contribution is 7.89.